The summed E-state index contributed by atoms with van der Waals surface area (Å²) >= 11 is 12.1. The highest BCUT2D eigenvalue weighted by Gasteiger charge is 2.26. The van der Waals surface area contributed by atoms with E-state index in [1.807, 2.05) is 32.9 Å². The topological polar surface area (TPSA) is 58.6 Å². The van der Waals surface area contributed by atoms with Gasteiger partial charge in [-0.3, -0.25) is 9.59 Å². The van der Waals surface area contributed by atoms with Crippen molar-refractivity contribution in [3.8, 4) is 5.75 Å². The number of aryl methyl sites for hydroxylation is 2. The van der Waals surface area contributed by atoms with Crippen molar-refractivity contribution in [2.24, 2.45) is 0 Å². The molecule has 0 spiro atoms. The number of piperidine rings is 1. The molecule has 0 bridgehead atoms. The van der Waals surface area contributed by atoms with Crippen molar-refractivity contribution in [1.82, 2.24) is 10.2 Å². The average Bonchev–Trinajstić information content (AvgIpc) is 2.71. The smallest absolute Gasteiger partial charge is 0.258 e. The summed E-state index contributed by atoms with van der Waals surface area (Å²) in [4.78, 5) is 26.8. The predicted molar refractivity (Wildman–Crippen MR) is 120 cm³/mol. The van der Waals surface area contributed by atoms with Crippen molar-refractivity contribution in [1.29, 1.82) is 0 Å². The monoisotopic (exact) mass is 448 g/mol. The normalized spacial score (nSPS) is 14.5. The van der Waals surface area contributed by atoms with E-state index in [9.17, 15) is 9.59 Å². The number of amides is 2. The molecule has 1 aliphatic rings. The zero-order valence-corrected chi connectivity index (χ0v) is 18.9. The molecule has 2 amide bonds. The van der Waals surface area contributed by atoms with Gasteiger partial charge in [0.1, 0.15) is 5.75 Å². The van der Waals surface area contributed by atoms with Gasteiger partial charge in [-0.25, -0.2) is 0 Å². The quantitative estimate of drug-likeness (QED) is 0.719. The number of nitrogens with zero attached hydrogens (tertiary/aromatic N) is 1. The lowest BCUT2D eigenvalue weighted by molar-refractivity contribution is -0.124. The first-order valence-corrected chi connectivity index (χ1v) is 10.7. The molecule has 2 aromatic carbocycles. The Kier molecular flexibility index (Phi) is 7.27. The highest BCUT2D eigenvalue weighted by molar-refractivity contribution is 6.36. The number of carbonyl (C=O) groups is 2. The van der Waals surface area contributed by atoms with Gasteiger partial charge < -0.3 is 15.0 Å². The van der Waals surface area contributed by atoms with Crippen LogP contribution in [0.3, 0.4) is 0 Å². The molecule has 0 unspecified atom stereocenters. The van der Waals surface area contributed by atoms with Gasteiger partial charge in [0.15, 0.2) is 6.61 Å². The van der Waals surface area contributed by atoms with Gasteiger partial charge >= 0.3 is 0 Å². The highest BCUT2D eigenvalue weighted by atomic mass is 35.5. The number of hydrogen-bond acceptors (Lipinski definition) is 3. The van der Waals surface area contributed by atoms with E-state index >= 15 is 0 Å². The Labute approximate surface area is 187 Å². The van der Waals surface area contributed by atoms with E-state index in [0.29, 0.717) is 41.5 Å². The lowest BCUT2D eigenvalue weighted by Gasteiger charge is -2.32. The third kappa shape index (κ3) is 5.27. The van der Waals surface area contributed by atoms with Crippen LogP contribution in [0.5, 0.6) is 5.75 Å². The molecule has 1 heterocycles. The van der Waals surface area contributed by atoms with Crippen LogP contribution in [0.25, 0.3) is 0 Å². The summed E-state index contributed by atoms with van der Waals surface area (Å²) in [6.45, 7) is 7.08. The number of ether oxygens (including phenoxy) is 1. The van der Waals surface area contributed by atoms with Gasteiger partial charge in [-0.1, -0.05) is 35.3 Å². The van der Waals surface area contributed by atoms with Crippen LogP contribution in [0.15, 0.2) is 30.3 Å². The molecule has 3 rings (SSSR count). The van der Waals surface area contributed by atoms with Crippen LogP contribution in [0.2, 0.25) is 10.0 Å². The van der Waals surface area contributed by atoms with Crippen molar-refractivity contribution in [3.05, 3.63) is 62.6 Å². The Morgan fingerprint density at radius 2 is 1.73 bits per heavy atom. The zero-order chi connectivity index (χ0) is 21.8. The number of carbonyl (C=O) groups excluding carboxylic acids is 2. The van der Waals surface area contributed by atoms with Crippen LogP contribution in [0.4, 0.5) is 0 Å². The molecule has 160 valence electrons. The van der Waals surface area contributed by atoms with Gasteiger partial charge in [0.05, 0.1) is 10.6 Å². The van der Waals surface area contributed by atoms with Gasteiger partial charge in [-0.15, -0.1) is 0 Å². The Morgan fingerprint density at radius 1 is 1.07 bits per heavy atom. The number of nitrogens with one attached hydrogen (secondary N) is 1. The average molecular weight is 449 g/mol. The summed E-state index contributed by atoms with van der Waals surface area (Å²) in [5.41, 5.74) is 3.64. The molecule has 0 aliphatic carbocycles. The fourth-order valence-corrected chi connectivity index (χ4v) is 4.10. The maximum Gasteiger partial charge on any atom is 0.258 e. The molecule has 0 saturated carbocycles. The predicted octanol–water partition coefficient (Wildman–Crippen LogP) is 4.72. The molecular weight excluding hydrogens is 423 g/mol. The molecule has 7 heteroatoms. The van der Waals surface area contributed by atoms with E-state index in [0.717, 1.165) is 22.4 Å². The van der Waals surface area contributed by atoms with Crippen molar-refractivity contribution in [2.45, 2.75) is 39.7 Å². The molecule has 1 fully saturated rings. The third-order valence-electron chi connectivity index (χ3n) is 5.53. The van der Waals surface area contributed by atoms with Crippen molar-refractivity contribution in [3.63, 3.8) is 0 Å². The van der Waals surface area contributed by atoms with Crippen molar-refractivity contribution < 1.29 is 14.3 Å². The summed E-state index contributed by atoms with van der Waals surface area (Å²) in [6, 6.07) is 8.93. The number of benzene rings is 2. The van der Waals surface area contributed by atoms with Crippen LogP contribution >= 0.6 is 23.2 Å². The first-order chi connectivity index (χ1) is 14.3. The standard InChI is InChI=1S/C23H26Cl2N2O3/c1-14-4-5-15(2)22(16(14)3)30-13-21(28)26-18-8-10-27(11-9-18)23(29)19-7-6-17(24)12-20(19)25/h4-7,12,18H,8-11,13H2,1-3H3,(H,26,28). The maximum absolute atomic E-state index is 12.7. The SMILES string of the molecule is Cc1ccc(C)c(OCC(=O)NC2CCN(C(=O)c3ccc(Cl)cc3Cl)CC2)c1C. The first kappa shape index (κ1) is 22.4. The lowest BCUT2D eigenvalue weighted by Crippen LogP contribution is -2.47. The lowest BCUT2D eigenvalue weighted by atomic mass is 10.0. The third-order valence-corrected chi connectivity index (χ3v) is 6.08. The molecule has 1 saturated heterocycles. The molecule has 2 aromatic rings. The second-order valence-electron chi connectivity index (χ2n) is 7.70. The Morgan fingerprint density at radius 3 is 2.40 bits per heavy atom. The minimum Gasteiger partial charge on any atom is -0.483 e. The van der Waals surface area contributed by atoms with Gasteiger partial charge in [-0.2, -0.15) is 0 Å². The van der Waals surface area contributed by atoms with Gasteiger partial charge in [0, 0.05) is 24.2 Å². The summed E-state index contributed by atoms with van der Waals surface area (Å²) < 4.78 is 5.79. The first-order valence-electron chi connectivity index (χ1n) is 9.99. The van der Waals surface area contributed by atoms with Gasteiger partial charge in [-0.05, 0) is 68.5 Å². The number of likely N-dealkylation sites (tertiary alicyclic amines) is 1. The fourth-order valence-electron chi connectivity index (χ4n) is 3.61. The van der Waals surface area contributed by atoms with Crippen LogP contribution < -0.4 is 10.1 Å². The fraction of sp³-hybridized carbons (Fsp3) is 0.391. The summed E-state index contributed by atoms with van der Waals surface area (Å²) in [5.74, 6) is 0.501. The maximum atomic E-state index is 12.7. The van der Waals surface area contributed by atoms with Gasteiger partial charge in [0.25, 0.3) is 11.8 Å². The molecule has 0 aromatic heterocycles. The largest absolute Gasteiger partial charge is 0.483 e. The second kappa shape index (κ2) is 9.71. The zero-order valence-electron chi connectivity index (χ0n) is 17.4. The Hall–Kier alpha value is -2.24. The summed E-state index contributed by atoms with van der Waals surface area (Å²) in [5, 5.41) is 3.86. The van der Waals surface area contributed by atoms with Crippen LogP contribution in [0, 0.1) is 20.8 Å². The van der Waals surface area contributed by atoms with Crippen molar-refractivity contribution in [2.75, 3.05) is 19.7 Å². The Bertz CT molecular complexity index is 954. The van der Waals surface area contributed by atoms with Crippen molar-refractivity contribution >= 4 is 35.0 Å². The molecule has 1 aliphatic heterocycles. The molecule has 0 radical (unpaired) electrons. The van der Waals surface area contributed by atoms with Crippen LogP contribution in [-0.2, 0) is 4.79 Å². The van der Waals surface area contributed by atoms with Crippen LogP contribution in [0.1, 0.15) is 39.9 Å². The number of hydrogen-bond donors (Lipinski definition) is 1. The minimum absolute atomic E-state index is 0.0190. The molecule has 0 atom stereocenters. The molecule has 1 N–H and O–H groups in total. The number of halogens is 2. The summed E-state index contributed by atoms with van der Waals surface area (Å²) in [7, 11) is 0. The van der Waals surface area contributed by atoms with E-state index < -0.39 is 0 Å². The summed E-state index contributed by atoms with van der Waals surface area (Å²) in [6.07, 6.45) is 1.37. The van der Waals surface area contributed by atoms with E-state index in [1.165, 1.54) is 0 Å². The highest BCUT2D eigenvalue weighted by Crippen LogP contribution is 2.26. The molecule has 30 heavy (non-hydrogen) atoms. The van der Waals surface area contributed by atoms with E-state index in [1.54, 1.807) is 23.1 Å². The molecular formula is C23H26Cl2N2O3. The Balaban J connectivity index is 1.49. The van der Waals surface area contributed by atoms with E-state index in [4.69, 9.17) is 27.9 Å². The number of rotatable bonds is 5. The minimum atomic E-state index is -0.152. The van der Waals surface area contributed by atoms with Crippen LogP contribution in [-0.4, -0.2) is 42.5 Å². The van der Waals surface area contributed by atoms with Gasteiger partial charge in [0.2, 0.25) is 0 Å². The second-order valence-corrected chi connectivity index (χ2v) is 8.54. The van der Waals surface area contributed by atoms with E-state index in [-0.39, 0.29) is 24.5 Å². The van der Waals surface area contributed by atoms with E-state index in [2.05, 4.69) is 5.32 Å². The molecule has 5 nitrogen and oxygen atoms in total.